The number of carbonyl (C=O) groups excluding carboxylic acids is 2. The van der Waals surface area contributed by atoms with Gasteiger partial charge in [-0.3, -0.25) is 9.59 Å². The second-order valence-electron chi connectivity index (χ2n) is 9.75. The Labute approximate surface area is 207 Å². The predicted octanol–water partition coefficient (Wildman–Crippen LogP) is 5.25. The summed E-state index contributed by atoms with van der Waals surface area (Å²) in [5, 5.41) is 0. The van der Waals surface area contributed by atoms with Gasteiger partial charge in [0.2, 0.25) is 0 Å². The highest BCUT2D eigenvalue weighted by Gasteiger charge is 2.38. The first-order chi connectivity index (χ1) is 17.3. The maximum Gasteiger partial charge on any atom is 0.416 e. The summed E-state index contributed by atoms with van der Waals surface area (Å²) in [4.78, 5) is 32.1. The zero-order chi connectivity index (χ0) is 25.3. The Balaban J connectivity index is 1.09. The number of alkyl halides is 3. The van der Waals surface area contributed by atoms with Crippen molar-refractivity contribution in [2.45, 2.75) is 25.4 Å². The van der Waals surface area contributed by atoms with E-state index in [0.717, 1.165) is 62.3 Å². The zero-order valence-corrected chi connectivity index (χ0v) is 19.8. The summed E-state index contributed by atoms with van der Waals surface area (Å²) >= 11 is 0. The number of hydrogen-bond donors (Lipinski definition) is 1. The smallest absolute Gasteiger partial charge is 0.357 e. The van der Waals surface area contributed by atoms with Crippen LogP contribution in [-0.4, -0.2) is 52.8 Å². The van der Waals surface area contributed by atoms with E-state index in [4.69, 9.17) is 0 Å². The third-order valence-electron chi connectivity index (χ3n) is 7.41. The van der Waals surface area contributed by atoms with Crippen molar-refractivity contribution >= 4 is 11.8 Å². The minimum Gasteiger partial charge on any atom is -0.357 e. The molecule has 2 aliphatic heterocycles. The van der Waals surface area contributed by atoms with Crippen molar-refractivity contribution in [1.29, 1.82) is 0 Å². The van der Waals surface area contributed by atoms with Gasteiger partial charge in [-0.1, -0.05) is 24.3 Å². The maximum atomic E-state index is 12.9. The highest BCUT2D eigenvalue weighted by atomic mass is 19.4. The summed E-state index contributed by atoms with van der Waals surface area (Å²) < 4.78 is 38.2. The lowest BCUT2D eigenvalue weighted by Crippen LogP contribution is -2.54. The maximum absolute atomic E-state index is 12.9. The first kappa shape index (κ1) is 24.2. The van der Waals surface area contributed by atoms with Crippen molar-refractivity contribution in [2.75, 3.05) is 26.2 Å². The molecule has 0 bridgehead atoms. The van der Waals surface area contributed by atoms with Crippen molar-refractivity contribution in [1.82, 2.24) is 14.8 Å². The number of aromatic nitrogens is 1. The number of carbonyl (C=O) groups is 2. The average molecular weight is 496 g/mol. The monoisotopic (exact) mass is 495 g/mol. The number of likely N-dealkylation sites (tertiary alicyclic amines) is 2. The molecule has 0 aliphatic carbocycles. The van der Waals surface area contributed by atoms with Gasteiger partial charge in [0, 0.05) is 37.9 Å². The minimum atomic E-state index is -4.34. The molecule has 188 valence electrons. The van der Waals surface area contributed by atoms with Crippen molar-refractivity contribution in [3.05, 3.63) is 94.8 Å². The number of H-pyrrole nitrogens is 1. The van der Waals surface area contributed by atoms with Crippen LogP contribution in [0.5, 0.6) is 0 Å². The van der Waals surface area contributed by atoms with Crippen molar-refractivity contribution in [3.8, 4) is 0 Å². The molecule has 36 heavy (non-hydrogen) atoms. The van der Waals surface area contributed by atoms with Gasteiger partial charge in [0.05, 0.1) is 5.56 Å². The lowest BCUT2D eigenvalue weighted by atomic mass is 9.79. The molecule has 1 aromatic heterocycles. The summed E-state index contributed by atoms with van der Waals surface area (Å²) in [5.41, 5.74) is 2.31. The number of benzene rings is 2. The van der Waals surface area contributed by atoms with Gasteiger partial charge >= 0.3 is 6.18 Å². The predicted molar refractivity (Wildman–Crippen MR) is 130 cm³/mol. The third kappa shape index (κ3) is 5.17. The normalized spacial score (nSPS) is 17.2. The Bertz CT molecular complexity index is 1190. The number of piperidine rings is 1. The third-order valence-corrected chi connectivity index (χ3v) is 7.41. The van der Waals surface area contributed by atoms with E-state index in [0.29, 0.717) is 29.5 Å². The van der Waals surface area contributed by atoms with Gasteiger partial charge < -0.3 is 14.8 Å². The van der Waals surface area contributed by atoms with Crippen molar-refractivity contribution in [3.63, 3.8) is 0 Å². The van der Waals surface area contributed by atoms with Crippen LogP contribution in [0.25, 0.3) is 0 Å². The molecule has 0 radical (unpaired) electrons. The second-order valence-corrected chi connectivity index (χ2v) is 9.75. The average Bonchev–Trinajstić information content (AvgIpc) is 3.38. The number of aromatic amines is 1. The SMILES string of the molecule is O=C(c1ccc(Cc2ccc(C(F)(F)F)cc2)cc1)N1CC(C2CCN(C(=O)c3ccc[nH]3)CC2)C1. The number of hydrogen-bond acceptors (Lipinski definition) is 2. The fourth-order valence-electron chi connectivity index (χ4n) is 5.18. The number of amides is 2. The van der Waals surface area contributed by atoms with E-state index < -0.39 is 11.7 Å². The van der Waals surface area contributed by atoms with E-state index in [1.165, 1.54) is 12.1 Å². The summed E-state index contributed by atoms with van der Waals surface area (Å²) in [5.74, 6) is 1.04. The van der Waals surface area contributed by atoms with Crippen LogP contribution in [0.15, 0.2) is 66.9 Å². The fraction of sp³-hybridized carbons (Fsp3) is 0.357. The van der Waals surface area contributed by atoms with Gasteiger partial charge in [-0.25, -0.2) is 0 Å². The quantitative estimate of drug-likeness (QED) is 0.526. The van der Waals surface area contributed by atoms with Gasteiger partial charge in [0.15, 0.2) is 0 Å². The molecule has 3 aromatic rings. The Hall–Kier alpha value is -3.55. The molecule has 0 unspecified atom stereocenters. The van der Waals surface area contributed by atoms with Crippen LogP contribution in [0, 0.1) is 11.8 Å². The lowest BCUT2D eigenvalue weighted by Gasteiger charge is -2.46. The molecule has 2 aliphatic rings. The van der Waals surface area contributed by atoms with Gasteiger partial charge in [-0.05, 0) is 78.6 Å². The van der Waals surface area contributed by atoms with Crippen molar-refractivity contribution in [2.24, 2.45) is 11.8 Å². The molecule has 5 rings (SSSR count). The minimum absolute atomic E-state index is 0.00619. The molecule has 2 amide bonds. The van der Waals surface area contributed by atoms with Crippen LogP contribution in [0.4, 0.5) is 13.2 Å². The Morgan fingerprint density at radius 1 is 0.806 bits per heavy atom. The molecular weight excluding hydrogens is 467 g/mol. The van der Waals surface area contributed by atoms with Gasteiger partial charge in [0.1, 0.15) is 5.69 Å². The summed E-state index contributed by atoms with van der Waals surface area (Å²) in [6.45, 7) is 2.96. The van der Waals surface area contributed by atoms with E-state index in [-0.39, 0.29) is 11.8 Å². The standard InChI is InChI=1S/C28H28F3N3O2/c29-28(30,31)24-9-5-20(6-10-24)16-19-3-7-22(8-4-19)26(35)34-17-23(18-34)21-11-14-33(15-12-21)27(36)25-2-1-13-32-25/h1-10,13,21,23,32H,11-12,14-18H2. The molecule has 0 atom stereocenters. The largest absolute Gasteiger partial charge is 0.416 e. The van der Waals surface area contributed by atoms with E-state index in [9.17, 15) is 22.8 Å². The van der Waals surface area contributed by atoms with E-state index >= 15 is 0 Å². The Morgan fingerprint density at radius 2 is 1.42 bits per heavy atom. The van der Waals surface area contributed by atoms with Gasteiger partial charge in [0.25, 0.3) is 11.8 Å². The highest BCUT2D eigenvalue weighted by molar-refractivity contribution is 5.94. The summed E-state index contributed by atoms with van der Waals surface area (Å²) in [6.07, 6.45) is -0.165. The molecule has 8 heteroatoms. The summed E-state index contributed by atoms with van der Waals surface area (Å²) in [6, 6.07) is 16.1. The van der Waals surface area contributed by atoms with Crippen molar-refractivity contribution < 1.29 is 22.8 Å². The molecule has 2 aromatic carbocycles. The van der Waals surface area contributed by atoms with Crippen LogP contribution >= 0.6 is 0 Å². The van der Waals surface area contributed by atoms with Crippen LogP contribution < -0.4 is 0 Å². The summed E-state index contributed by atoms with van der Waals surface area (Å²) in [7, 11) is 0. The van der Waals surface area contributed by atoms with Crippen LogP contribution in [0.2, 0.25) is 0 Å². The van der Waals surface area contributed by atoms with Crippen LogP contribution in [-0.2, 0) is 12.6 Å². The molecule has 1 N–H and O–H groups in total. The molecular formula is C28H28F3N3O2. The molecule has 2 fully saturated rings. The first-order valence-corrected chi connectivity index (χ1v) is 12.2. The van der Waals surface area contributed by atoms with Gasteiger partial charge in [-0.15, -0.1) is 0 Å². The lowest BCUT2D eigenvalue weighted by molar-refractivity contribution is -0.137. The number of nitrogens with zero attached hydrogens (tertiary/aromatic N) is 2. The zero-order valence-electron chi connectivity index (χ0n) is 19.8. The number of nitrogens with one attached hydrogen (secondary N) is 1. The van der Waals surface area contributed by atoms with E-state index in [1.807, 2.05) is 28.0 Å². The molecule has 3 heterocycles. The molecule has 2 saturated heterocycles. The Kier molecular flexibility index (Phi) is 6.60. The van der Waals surface area contributed by atoms with Crippen LogP contribution in [0.3, 0.4) is 0 Å². The number of rotatable bonds is 5. The van der Waals surface area contributed by atoms with Crippen LogP contribution in [0.1, 0.15) is 50.4 Å². The van der Waals surface area contributed by atoms with E-state index in [1.54, 1.807) is 24.4 Å². The number of halogens is 3. The molecule has 0 spiro atoms. The topological polar surface area (TPSA) is 56.4 Å². The second kappa shape index (κ2) is 9.84. The molecule has 5 nitrogen and oxygen atoms in total. The van der Waals surface area contributed by atoms with Gasteiger partial charge in [-0.2, -0.15) is 13.2 Å². The highest BCUT2D eigenvalue weighted by Crippen LogP contribution is 2.33. The molecule has 0 saturated carbocycles. The fourth-order valence-corrected chi connectivity index (χ4v) is 5.18. The first-order valence-electron chi connectivity index (χ1n) is 12.2. The van der Waals surface area contributed by atoms with E-state index in [2.05, 4.69) is 4.98 Å². The Morgan fingerprint density at radius 3 is 1.97 bits per heavy atom.